The van der Waals surface area contributed by atoms with E-state index in [-0.39, 0.29) is 0 Å². The molecule has 0 unspecified atom stereocenters. The minimum absolute atomic E-state index is 0.435. The van der Waals surface area contributed by atoms with Gasteiger partial charge in [-0.05, 0) is 12.3 Å². The van der Waals surface area contributed by atoms with E-state index in [2.05, 4.69) is 34.2 Å². The summed E-state index contributed by atoms with van der Waals surface area (Å²) in [6.07, 6.45) is 7.83. The van der Waals surface area contributed by atoms with Crippen molar-refractivity contribution >= 4 is 23.2 Å². The lowest BCUT2D eigenvalue weighted by atomic mass is 10.0. The second kappa shape index (κ2) is 7.43. The molecule has 2 heterocycles. The fourth-order valence-electron chi connectivity index (χ4n) is 2.16. The SMILES string of the molecule is CC(C)CCCCCCNc1cc(Cl)nc2ncnn12. The summed E-state index contributed by atoms with van der Waals surface area (Å²) in [5.41, 5.74) is 0. The molecule has 2 aromatic heterocycles. The molecule has 20 heavy (non-hydrogen) atoms. The maximum absolute atomic E-state index is 5.96. The Morgan fingerprint density at radius 3 is 2.85 bits per heavy atom. The van der Waals surface area contributed by atoms with Gasteiger partial charge in [0, 0.05) is 12.6 Å². The zero-order valence-corrected chi connectivity index (χ0v) is 12.9. The quantitative estimate of drug-likeness (QED) is 0.594. The summed E-state index contributed by atoms with van der Waals surface area (Å²) < 4.78 is 1.67. The first-order valence-electron chi connectivity index (χ1n) is 7.27. The highest BCUT2D eigenvalue weighted by Gasteiger charge is 2.05. The van der Waals surface area contributed by atoms with Crippen LogP contribution in [0, 0.1) is 5.92 Å². The number of aromatic nitrogens is 4. The van der Waals surface area contributed by atoms with Crippen LogP contribution in [0.4, 0.5) is 5.82 Å². The summed E-state index contributed by atoms with van der Waals surface area (Å²) >= 11 is 5.96. The molecule has 2 aromatic rings. The molecule has 110 valence electrons. The zero-order chi connectivity index (χ0) is 14.4. The average Bonchev–Trinajstić information content (AvgIpc) is 2.85. The molecule has 0 saturated carbocycles. The van der Waals surface area contributed by atoms with Gasteiger partial charge in [0.2, 0.25) is 0 Å². The molecule has 5 nitrogen and oxygen atoms in total. The summed E-state index contributed by atoms with van der Waals surface area (Å²) in [7, 11) is 0. The van der Waals surface area contributed by atoms with E-state index in [1.165, 1.54) is 32.0 Å². The number of nitrogens with zero attached hydrogens (tertiary/aromatic N) is 4. The van der Waals surface area contributed by atoms with Crippen LogP contribution in [0.5, 0.6) is 0 Å². The van der Waals surface area contributed by atoms with Crippen molar-refractivity contribution in [1.82, 2.24) is 19.6 Å². The van der Waals surface area contributed by atoms with Gasteiger partial charge in [0.1, 0.15) is 17.3 Å². The Morgan fingerprint density at radius 1 is 1.25 bits per heavy atom. The van der Waals surface area contributed by atoms with Gasteiger partial charge in [0.15, 0.2) is 0 Å². The minimum atomic E-state index is 0.435. The van der Waals surface area contributed by atoms with Crippen molar-refractivity contribution in [3.63, 3.8) is 0 Å². The van der Waals surface area contributed by atoms with Crippen LogP contribution in [0.3, 0.4) is 0 Å². The molecule has 1 N–H and O–H groups in total. The van der Waals surface area contributed by atoms with Crippen molar-refractivity contribution < 1.29 is 0 Å². The lowest BCUT2D eigenvalue weighted by Gasteiger charge is -2.08. The first-order chi connectivity index (χ1) is 9.66. The molecule has 0 atom stereocenters. The summed E-state index contributed by atoms with van der Waals surface area (Å²) in [5.74, 6) is 2.18. The Labute approximate surface area is 124 Å². The third kappa shape index (κ3) is 4.34. The topological polar surface area (TPSA) is 55.1 Å². The fourth-order valence-corrected chi connectivity index (χ4v) is 2.34. The molecule has 2 rings (SSSR count). The largest absolute Gasteiger partial charge is 0.370 e. The van der Waals surface area contributed by atoms with E-state index in [4.69, 9.17) is 11.6 Å². The average molecular weight is 296 g/mol. The first kappa shape index (κ1) is 15.0. The molecule has 0 fully saturated rings. The van der Waals surface area contributed by atoms with E-state index >= 15 is 0 Å². The van der Waals surface area contributed by atoms with Crippen LogP contribution in [-0.2, 0) is 0 Å². The van der Waals surface area contributed by atoms with Crippen LogP contribution in [0.25, 0.3) is 5.78 Å². The van der Waals surface area contributed by atoms with E-state index < -0.39 is 0 Å². The van der Waals surface area contributed by atoms with Crippen molar-refractivity contribution in [3.8, 4) is 0 Å². The number of halogens is 1. The maximum Gasteiger partial charge on any atom is 0.255 e. The summed E-state index contributed by atoms with van der Waals surface area (Å²) in [4.78, 5) is 8.14. The molecule has 0 aliphatic rings. The van der Waals surface area contributed by atoms with Gasteiger partial charge in [-0.2, -0.15) is 19.6 Å². The number of hydrogen-bond donors (Lipinski definition) is 1. The van der Waals surface area contributed by atoms with Gasteiger partial charge in [-0.1, -0.05) is 51.1 Å². The fraction of sp³-hybridized carbons (Fsp3) is 0.643. The Kier molecular flexibility index (Phi) is 5.59. The van der Waals surface area contributed by atoms with Crippen LogP contribution >= 0.6 is 11.6 Å². The van der Waals surface area contributed by atoms with E-state index in [0.717, 1.165) is 24.7 Å². The molecular formula is C14H22ClN5. The number of rotatable bonds is 8. The van der Waals surface area contributed by atoms with Crippen LogP contribution < -0.4 is 5.32 Å². The molecule has 6 heteroatoms. The smallest absolute Gasteiger partial charge is 0.255 e. The van der Waals surface area contributed by atoms with Crippen LogP contribution in [0.15, 0.2) is 12.4 Å². The van der Waals surface area contributed by atoms with Gasteiger partial charge >= 0.3 is 0 Å². The van der Waals surface area contributed by atoms with Gasteiger partial charge in [0.05, 0.1) is 0 Å². The normalized spacial score (nSPS) is 11.4. The lowest BCUT2D eigenvalue weighted by Crippen LogP contribution is -2.07. The van der Waals surface area contributed by atoms with Crippen molar-refractivity contribution in [1.29, 1.82) is 0 Å². The lowest BCUT2D eigenvalue weighted by molar-refractivity contribution is 0.523. The van der Waals surface area contributed by atoms with Crippen molar-refractivity contribution in [3.05, 3.63) is 17.5 Å². The van der Waals surface area contributed by atoms with Crippen molar-refractivity contribution in [2.75, 3.05) is 11.9 Å². The highest BCUT2D eigenvalue weighted by molar-refractivity contribution is 6.29. The van der Waals surface area contributed by atoms with Gasteiger partial charge in [-0.25, -0.2) is 0 Å². The highest BCUT2D eigenvalue weighted by atomic mass is 35.5. The molecule has 0 aliphatic carbocycles. The summed E-state index contributed by atoms with van der Waals surface area (Å²) in [5, 5.41) is 7.91. The first-order valence-corrected chi connectivity index (χ1v) is 7.65. The number of unbranched alkanes of at least 4 members (excludes halogenated alkanes) is 3. The minimum Gasteiger partial charge on any atom is -0.370 e. The predicted molar refractivity (Wildman–Crippen MR) is 82.2 cm³/mol. The number of hydrogen-bond acceptors (Lipinski definition) is 4. The molecule has 0 saturated heterocycles. The van der Waals surface area contributed by atoms with Gasteiger partial charge in [-0.15, -0.1) is 0 Å². The van der Waals surface area contributed by atoms with Crippen LogP contribution in [-0.4, -0.2) is 26.1 Å². The number of anilines is 1. The Balaban J connectivity index is 1.74. The van der Waals surface area contributed by atoms with E-state index in [9.17, 15) is 0 Å². The third-order valence-corrected chi connectivity index (χ3v) is 3.43. The van der Waals surface area contributed by atoms with E-state index in [1.807, 2.05) is 0 Å². The number of fused-ring (bicyclic) bond motifs is 1. The number of nitrogens with one attached hydrogen (secondary N) is 1. The van der Waals surface area contributed by atoms with Gasteiger partial charge in [-0.3, -0.25) is 0 Å². The summed E-state index contributed by atoms with van der Waals surface area (Å²) in [6.45, 7) is 5.47. The standard InChI is InChI=1S/C14H22ClN5/c1-11(2)7-5-3-4-6-8-16-13-9-12(15)19-14-17-10-18-20(13)14/h9-11,16H,3-8H2,1-2H3. The molecule has 0 spiro atoms. The van der Waals surface area contributed by atoms with Crippen LogP contribution in [0.2, 0.25) is 5.15 Å². The molecular weight excluding hydrogens is 274 g/mol. The van der Waals surface area contributed by atoms with Crippen molar-refractivity contribution in [2.45, 2.75) is 46.0 Å². The second-order valence-corrected chi connectivity index (χ2v) is 5.85. The highest BCUT2D eigenvalue weighted by Crippen LogP contribution is 2.15. The molecule has 0 amide bonds. The van der Waals surface area contributed by atoms with E-state index in [0.29, 0.717) is 10.9 Å². The predicted octanol–water partition coefficient (Wildman–Crippen LogP) is 3.80. The Bertz CT molecular complexity index is 537. The second-order valence-electron chi connectivity index (χ2n) is 5.46. The zero-order valence-electron chi connectivity index (χ0n) is 12.1. The van der Waals surface area contributed by atoms with Crippen LogP contribution in [0.1, 0.15) is 46.0 Å². The monoisotopic (exact) mass is 295 g/mol. The molecule has 0 radical (unpaired) electrons. The molecule has 0 bridgehead atoms. The van der Waals surface area contributed by atoms with Gasteiger partial charge < -0.3 is 5.32 Å². The summed E-state index contributed by atoms with van der Waals surface area (Å²) in [6, 6.07) is 1.78. The van der Waals surface area contributed by atoms with Crippen molar-refractivity contribution in [2.24, 2.45) is 5.92 Å². The van der Waals surface area contributed by atoms with E-state index in [1.54, 1.807) is 10.6 Å². The Hall–Kier alpha value is -1.36. The Morgan fingerprint density at radius 2 is 2.05 bits per heavy atom. The molecule has 0 aliphatic heterocycles. The molecule has 0 aromatic carbocycles. The maximum atomic E-state index is 5.96. The third-order valence-electron chi connectivity index (χ3n) is 3.23. The van der Waals surface area contributed by atoms with Gasteiger partial charge in [0.25, 0.3) is 5.78 Å².